The van der Waals surface area contributed by atoms with Crippen molar-refractivity contribution < 1.29 is 4.74 Å². The lowest BCUT2D eigenvalue weighted by Gasteiger charge is -2.29. The molecule has 0 bridgehead atoms. The molecule has 4 rings (SSSR count). The largest absolute Gasteiger partial charge is 0.487 e. The van der Waals surface area contributed by atoms with Gasteiger partial charge in [-0.15, -0.1) is 17.5 Å². The predicted molar refractivity (Wildman–Crippen MR) is 98.9 cm³/mol. The number of nitrogens with one attached hydrogen (secondary N) is 1. The highest BCUT2D eigenvalue weighted by atomic mass is 35.5. The molecule has 2 aromatic carbocycles. The second kappa shape index (κ2) is 6.45. The van der Waals surface area contributed by atoms with Gasteiger partial charge in [-0.25, -0.2) is 0 Å². The van der Waals surface area contributed by atoms with Crippen molar-refractivity contribution >= 4 is 29.6 Å². The van der Waals surface area contributed by atoms with Crippen LogP contribution in [0.25, 0.3) is 0 Å². The number of amidine groups is 1. The fourth-order valence-electron chi connectivity index (χ4n) is 2.68. The summed E-state index contributed by atoms with van der Waals surface area (Å²) >= 11 is 0. The Kier molecular flexibility index (Phi) is 4.36. The van der Waals surface area contributed by atoms with Crippen LogP contribution in [-0.2, 0) is 4.74 Å². The summed E-state index contributed by atoms with van der Waals surface area (Å²) in [5, 5.41) is 8.56. The van der Waals surface area contributed by atoms with Crippen molar-refractivity contribution in [2.75, 3.05) is 10.2 Å². The number of benzene rings is 2. The number of anilines is 2. The molecule has 124 valence electrons. The number of para-hydroxylation sites is 2. The lowest BCUT2D eigenvalue weighted by Crippen LogP contribution is -2.50. The van der Waals surface area contributed by atoms with Gasteiger partial charge in [-0.05, 0) is 37.3 Å². The zero-order valence-electron chi connectivity index (χ0n) is 13.3. The average molecular weight is 343 g/mol. The van der Waals surface area contributed by atoms with Gasteiger partial charge in [-0.3, -0.25) is 5.43 Å². The smallest absolute Gasteiger partial charge is 0.189 e. The third-order valence-corrected chi connectivity index (χ3v) is 4.02. The van der Waals surface area contributed by atoms with Crippen molar-refractivity contribution in [2.24, 2.45) is 5.10 Å². The molecule has 0 aromatic heterocycles. The fraction of sp³-hybridized carbons (Fsp3) is 0.167. The molecule has 0 fully saturated rings. The third kappa shape index (κ3) is 2.78. The van der Waals surface area contributed by atoms with Crippen molar-refractivity contribution in [3.63, 3.8) is 0 Å². The van der Waals surface area contributed by atoms with E-state index in [-0.39, 0.29) is 12.4 Å². The van der Waals surface area contributed by atoms with Gasteiger partial charge in [0.2, 0.25) is 0 Å². The van der Waals surface area contributed by atoms with Crippen LogP contribution in [0.3, 0.4) is 0 Å². The number of hydrazone groups is 1. The molecule has 2 aliphatic heterocycles. The summed E-state index contributed by atoms with van der Waals surface area (Å²) in [4.78, 5) is 0. The molecule has 0 amide bonds. The molecule has 0 saturated heterocycles. The van der Waals surface area contributed by atoms with Gasteiger partial charge in [0.1, 0.15) is 0 Å². The second-order valence-corrected chi connectivity index (χ2v) is 5.76. The molecular formula is C18H19ClN4O. The summed E-state index contributed by atoms with van der Waals surface area (Å²) in [5.41, 5.74) is 4.91. The molecular weight excluding hydrogens is 324 g/mol. The lowest BCUT2D eigenvalue weighted by atomic mass is 10.0. The Morgan fingerprint density at radius 2 is 1.62 bits per heavy atom. The van der Waals surface area contributed by atoms with Gasteiger partial charge in [0.15, 0.2) is 11.4 Å². The first-order chi connectivity index (χ1) is 11.3. The monoisotopic (exact) mass is 342 g/mol. The number of nitrogens with zero attached hydrogens (tertiary/aromatic N) is 3. The Labute approximate surface area is 147 Å². The second-order valence-electron chi connectivity index (χ2n) is 5.76. The molecule has 6 heteroatoms. The van der Waals surface area contributed by atoms with Crippen LogP contribution in [0.15, 0.2) is 78.1 Å². The summed E-state index contributed by atoms with van der Waals surface area (Å²) in [6, 6.07) is 20.1. The first kappa shape index (κ1) is 16.2. The van der Waals surface area contributed by atoms with Crippen LogP contribution < -0.4 is 15.7 Å². The zero-order chi connectivity index (χ0) is 15.7. The van der Waals surface area contributed by atoms with E-state index in [0.717, 1.165) is 23.6 Å². The molecule has 2 heterocycles. The highest BCUT2D eigenvalue weighted by Crippen LogP contribution is 2.30. The Hall–Kier alpha value is -2.66. The van der Waals surface area contributed by atoms with E-state index in [0.29, 0.717) is 0 Å². The van der Waals surface area contributed by atoms with E-state index in [1.165, 1.54) is 0 Å². The summed E-state index contributed by atoms with van der Waals surface area (Å²) in [5.74, 6) is 0.787. The minimum Gasteiger partial charge on any atom is -0.487 e. The van der Waals surface area contributed by atoms with Crippen molar-refractivity contribution in [2.45, 2.75) is 18.9 Å². The molecule has 2 aromatic rings. The highest BCUT2D eigenvalue weighted by Gasteiger charge is 2.40. The van der Waals surface area contributed by atoms with E-state index in [2.05, 4.69) is 5.43 Å². The van der Waals surface area contributed by atoms with Gasteiger partial charge in [-0.1, -0.05) is 36.4 Å². The zero-order valence-corrected chi connectivity index (χ0v) is 14.1. The third-order valence-electron chi connectivity index (χ3n) is 4.02. The maximum absolute atomic E-state index is 5.77. The lowest BCUT2D eigenvalue weighted by molar-refractivity contribution is 0.128. The van der Waals surface area contributed by atoms with Crippen molar-refractivity contribution in [1.82, 2.24) is 5.43 Å². The molecule has 0 saturated carbocycles. The van der Waals surface area contributed by atoms with E-state index in [1.807, 2.05) is 83.9 Å². The summed E-state index contributed by atoms with van der Waals surface area (Å²) < 4.78 is 5.77. The van der Waals surface area contributed by atoms with Crippen LogP contribution in [-0.4, -0.2) is 11.4 Å². The van der Waals surface area contributed by atoms with Gasteiger partial charge in [-0.2, -0.15) is 10.2 Å². The summed E-state index contributed by atoms with van der Waals surface area (Å²) in [6.07, 6.45) is 4.55. The number of hydrazine groups is 2. The number of halogens is 1. The highest BCUT2D eigenvalue weighted by molar-refractivity contribution is 5.95. The standard InChI is InChI=1S/C18H18N4O.ClH/c1-18(13-8-14-23-18)17-19-21(15-9-4-2-5-10-15)22(20-17)16-11-6-3-7-12-16;/h2-12,14H,13H2,1H3,(H,19,20);1H. The van der Waals surface area contributed by atoms with Crippen molar-refractivity contribution in [3.05, 3.63) is 73.0 Å². The van der Waals surface area contributed by atoms with Crippen molar-refractivity contribution in [1.29, 1.82) is 0 Å². The van der Waals surface area contributed by atoms with E-state index < -0.39 is 5.60 Å². The maximum Gasteiger partial charge on any atom is 0.189 e. The minimum atomic E-state index is -0.462. The molecule has 2 aliphatic rings. The van der Waals surface area contributed by atoms with Gasteiger partial charge < -0.3 is 4.74 Å². The molecule has 0 radical (unpaired) electrons. The van der Waals surface area contributed by atoms with Crippen molar-refractivity contribution in [3.8, 4) is 0 Å². The summed E-state index contributed by atoms with van der Waals surface area (Å²) in [6.45, 7) is 2.04. The molecule has 0 spiro atoms. The first-order valence-corrected chi connectivity index (χ1v) is 7.65. The van der Waals surface area contributed by atoms with E-state index in [1.54, 1.807) is 6.26 Å². The van der Waals surface area contributed by atoms with Crippen LogP contribution in [0.1, 0.15) is 13.3 Å². The van der Waals surface area contributed by atoms with E-state index in [9.17, 15) is 0 Å². The average Bonchev–Trinajstić information content (AvgIpc) is 3.24. The topological polar surface area (TPSA) is 40.1 Å². The van der Waals surface area contributed by atoms with E-state index in [4.69, 9.17) is 9.84 Å². The normalized spacial score (nSPS) is 21.8. The Balaban J connectivity index is 0.00000169. The maximum atomic E-state index is 5.77. The molecule has 1 unspecified atom stereocenters. The van der Waals surface area contributed by atoms with Gasteiger partial charge in [0.05, 0.1) is 17.6 Å². The van der Waals surface area contributed by atoms with Crippen LogP contribution in [0.5, 0.6) is 0 Å². The molecule has 1 N–H and O–H groups in total. The number of hydrogen-bond donors (Lipinski definition) is 1. The van der Waals surface area contributed by atoms with Crippen LogP contribution in [0.4, 0.5) is 11.4 Å². The molecule has 1 atom stereocenters. The quantitative estimate of drug-likeness (QED) is 0.919. The molecule has 5 nitrogen and oxygen atoms in total. The Morgan fingerprint density at radius 3 is 2.21 bits per heavy atom. The van der Waals surface area contributed by atoms with Crippen LogP contribution >= 0.6 is 12.4 Å². The van der Waals surface area contributed by atoms with E-state index >= 15 is 0 Å². The summed E-state index contributed by atoms with van der Waals surface area (Å²) in [7, 11) is 0. The Morgan fingerprint density at radius 1 is 1.00 bits per heavy atom. The van der Waals surface area contributed by atoms with Gasteiger partial charge >= 0.3 is 0 Å². The first-order valence-electron chi connectivity index (χ1n) is 7.65. The van der Waals surface area contributed by atoms with Crippen LogP contribution in [0, 0.1) is 0 Å². The van der Waals surface area contributed by atoms with Gasteiger partial charge in [0.25, 0.3) is 0 Å². The number of rotatable bonds is 3. The SMILES string of the molecule is CC1(C2=NN(c3ccccc3)N(c3ccccc3)N2)CC=CO1.Cl. The number of ether oxygens (including phenoxy) is 1. The fourth-order valence-corrected chi connectivity index (χ4v) is 2.68. The minimum absolute atomic E-state index is 0. The predicted octanol–water partition coefficient (Wildman–Crippen LogP) is 3.86. The molecule has 0 aliphatic carbocycles. The Bertz CT molecular complexity index is 740. The van der Waals surface area contributed by atoms with Crippen LogP contribution in [0.2, 0.25) is 0 Å². The molecule has 24 heavy (non-hydrogen) atoms. The number of hydrogen-bond acceptors (Lipinski definition) is 5. The van der Waals surface area contributed by atoms with Gasteiger partial charge in [0, 0.05) is 6.42 Å².